The number of ether oxygens (including phenoxy) is 2. The van der Waals surface area contributed by atoms with Crippen molar-refractivity contribution in [2.24, 2.45) is 0 Å². The SMILES string of the molecule is COc1ccc(OC)c2sc(N(Cc3ccccn3)C(=O)CCSc3ccccc3)nc12. The summed E-state index contributed by atoms with van der Waals surface area (Å²) in [6, 6.07) is 19.4. The van der Waals surface area contributed by atoms with Crippen molar-refractivity contribution in [1.82, 2.24) is 9.97 Å². The summed E-state index contributed by atoms with van der Waals surface area (Å²) in [6.45, 7) is 0.347. The number of benzene rings is 2. The molecule has 32 heavy (non-hydrogen) atoms. The number of fused-ring (bicyclic) bond motifs is 1. The molecular weight excluding hydrogens is 442 g/mol. The molecule has 0 N–H and O–H groups in total. The summed E-state index contributed by atoms with van der Waals surface area (Å²) in [5.74, 6) is 2.03. The smallest absolute Gasteiger partial charge is 0.229 e. The second-order valence-electron chi connectivity index (χ2n) is 6.86. The predicted molar refractivity (Wildman–Crippen MR) is 130 cm³/mol. The third-order valence-corrected chi connectivity index (χ3v) is 6.91. The fourth-order valence-electron chi connectivity index (χ4n) is 3.21. The zero-order valence-electron chi connectivity index (χ0n) is 17.9. The molecule has 0 aliphatic heterocycles. The van der Waals surface area contributed by atoms with Crippen LogP contribution in [0, 0.1) is 0 Å². The molecule has 2 aromatic heterocycles. The maximum absolute atomic E-state index is 13.3. The van der Waals surface area contributed by atoms with E-state index in [-0.39, 0.29) is 5.91 Å². The predicted octanol–water partition coefficient (Wildman–Crippen LogP) is 5.42. The van der Waals surface area contributed by atoms with Gasteiger partial charge in [0.1, 0.15) is 21.7 Å². The molecule has 0 atom stereocenters. The normalized spacial score (nSPS) is 10.8. The molecule has 0 spiro atoms. The molecule has 0 aliphatic rings. The Kier molecular flexibility index (Phi) is 7.24. The third kappa shape index (κ3) is 5.03. The Morgan fingerprint density at radius 2 is 1.75 bits per heavy atom. The lowest BCUT2D eigenvalue weighted by Gasteiger charge is -2.19. The molecule has 0 fully saturated rings. The number of carbonyl (C=O) groups is 1. The van der Waals surface area contributed by atoms with Crippen molar-refractivity contribution in [3.05, 3.63) is 72.6 Å². The molecule has 4 aromatic rings. The molecule has 1 amide bonds. The number of nitrogens with zero attached hydrogens (tertiary/aromatic N) is 3. The highest BCUT2D eigenvalue weighted by atomic mass is 32.2. The fourth-order valence-corrected chi connectivity index (χ4v) is 5.17. The van der Waals surface area contributed by atoms with Gasteiger partial charge in [-0.05, 0) is 36.4 Å². The molecule has 0 unspecified atom stereocenters. The average Bonchev–Trinajstić information content (AvgIpc) is 3.28. The molecule has 0 radical (unpaired) electrons. The van der Waals surface area contributed by atoms with E-state index in [1.807, 2.05) is 60.7 Å². The largest absolute Gasteiger partial charge is 0.495 e. The minimum Gasteiger partial charge on any atom is -0.495 e. The van der Waals surface area contributed by atoms with Crippen LogP contribution in [0.2, 0.25) is 0 Å². The Hall–Kier alpha value is -3.10. The van der Waals surface area contributed by atoms with Crippen molar-refractivity contribution in [1.29, 1.82) is 0 Å². The first-order chi connectivity index (χ1) is 15.7. The van der Waals surface area contributed by atoms with Crippen molar-refractivity contribution in [3.63, 3.8) is 0 Å². The average molecular weight is 466 g/mol. The molecule has 0 saturated carbocycles. The van der Waals surface area contributed by atoms with E-state index in [2.05, 4.69) is 4.98 Å². The van der Waals surface area contributed by atoms with Gasteiger partial charge < -0.3 is 9.47 Å². The topological polar surface area (TPSA) is 64.6 Å². The second-order valence-corrected chi connectivity index (χ2v) is 9.00. The lowest BCUT2D eigenvalue weighted by molar-refractivity contribution is -0.118. The van der Waals surface area contributed by atoms with Crippen LogP contribution in [0.25, 0.3) is 10.2 Å². The first kappa shape index (κ1) is 22.1. The van der Waals surface area contributed by atoms with Gasteiger partial charge in [-0.3, -0.25) is 14.7 Å². The quantitative estimate of drug-likeness (QED) is 0.307. The maximum Gasteiger partial charge on any atom is 0.229 e. The highest BCUT2D eigenvalue weighted by Crippen LogP contribution is 2.40. The Bertz CT molecular complexity index is 1140. The summed E-state index contributed by atoms with van der Waals surface area (Å²) in [4.78, 5) is 25.3. The number of thiazole rings is 1. The van der Waals surface area contributed by atoms with Crippen LogP contribution in [-0.2, 0) is 11.3 Å². The Labute approximate surface area is 195 Å². The highest BCUT2D eigenvalue weighted by Gasteiger charge is 2.23. The van der Waals surface area contributed by atoms with Crippen LogP contribution >= 0.6 is 23.1 Å². The van der Waals surface area contributed by atoms with Crippen molar-refractivity contribution < 1.29 is 14.3 Å². The molecule has 0 bridgehead atoms. The molecule has 0 saturated heterocycles. The van der Waals surface area contributed by atoms with Crippen LogP contribution in [0.3, 0.4) is 0 Å². The Morgan fingerprint density at radius 3 is 2.47 bits per heavy atom. The van der Waals surface area contributed by atoms with E-state index in [0.29, 0.717) is 40.9 Å². The molecule has 2 aromatic carbocycles. The summed E-state index contributed by atoms with van der Waals surface area (Å²) < 4.78 is 11.8. The zero-order valence-corrected chi connectivity index (χ0v) is 19.5. The summed E-state index contributed by atoms with van der Waals surface area (Å²) in [5, 5.41) is 0.600. The standard InChI is InChI=1S/C24H23N3O3S2/c1-29-19-11-12-20(30-2)23-22(19)26-24(32-23)27(16-17-8-6-7-14-25-17)21(28)13-15-31-18-9-4-3-5-10-18/h3-12,14H,13,15-16H2,1-2H3. The summed E-state index contributed by atoms with van der Waals surface area (Å²) in [5.41, 5.74) is 1.49. The monoisotopic (exact) mass is 465 g/mol. The second kappa shape index (κ2) is 10.5. The van der Waals surface area contributed by atoms with Crippen LogP contribution in [0.5, 0.6) is 11.5 Å². The number of hydrogen-bond donors (Lipinski definition) is 0. The summed E-state index contributed by atoms with van der Waals surface area (Å²) in [7, 11) is 3.23. The molecule has 6 nitrogen and oxygen atoms in total. The number of anilines is 1. The number of rotatable bonds is 9. The molecular formula is C24H23N3O3S2. The van der Waals surface area contributed by atoms with Gasteiger partial charge in [0.25, 0.3) is 0 Å². The number of pyridine rings is 1. The van der Waals surface area contributed by atoms with Crippen LogP contribution < -0.4 is 14.4 Å². The van der Waals surface area contributed by atoms with Gasteiger partial charge in [0.2, 0.25) is 5.91 Å². The van der Waals surface area contributed by atoms with E-state index < -0.39 is 0 Å². The number of amides is 1. The third-order valence-electron chi connectivity index (χ3n) is 4.81. The maximum atomic E-state index is 13.3. The van der Waals surface area contributed by atoms with Gasteiger partial charge >= 0.3 is 0 Å². The number of thioether (sulfide) groups is 1. The van der Waals surface area contributed by atoms with E-state index in [1.165, 1.54) is 11.3 Å². The van der Waals surface area contributed by atoms with Gasteiger partial charge in [-0.15, -0.1) is 11.8 Å². The highest BCUT2D eigenvalue weighted by molar-refractivity contribution is 7.99. The van der Waals surface area contributed by atoms with Crippen molar-refractivity contribution in [2.45, 2.75) is 17.9 Å². The molecule has 0 aliphatic carbocycles. The van der Waals surface area contributed by atoms with Crippen LogP contribution in [-0.4, -0.2) is 35.8 Å². The number of carbonyl (C=O) groups excluding carboxylic acids is 1. The lowest BCUT2D eigenvalue weighted by Crippen LogP contribution is -2.30. The van der Waals surface area contributed by atoms with Gasteiger partial charge in [0.05, 0.1) is 26.5 Å². The number of aromatic nitrogens is 2. The minimum absolute atomic E-state index is 0.00364. The van der Waals surface area contributed by atoms with E-state index in [9.17, 15) is 4.79 Å². The van der Waals surface area contributed by atoms with Gasteiger partial charge in [-0.25, -0.2) is 4.98 Å². The zero-order chi connectivity index (χ0) is 22.3. The first-order valence-electron chi connectivity index (χ1n) is 10.1. The van der Waals surface area contributed by atoms with E-state index in [4.69, 9.17) is 14.5 Å². The fraction of sp³-hybridized carbons (Fsp3) is 0.208. The van der Waals surface area contributed by atoms with E-state index >= 15 is 0 Å². The van der Waals surface area contributed by atoms with Crippen molar-refractivity contribution >= 4 is 44.4 Å². The molecule has 164 valence electrons. The Morgan fingerprint density at radius 1 is 1.00 bits per heavy atom. The molecule has 8 heteroatoms. The first-order valence-corrected chi connectivity index (χ1v) is 11.9. The van der Waals surface area contributed by atoms with Gasteiger partial charge in [0.15, 0.2) is 5.13 Å². The van der Waals surface area contributed by atoms with Crippen LogP contribution in [0.15, 0.2) is 71.8 Å². The molecule has 2 heterocycles. The van der Waals surface area contributed by atoms with Gasteiger partial charge in [-0.1, -0.05) is 35.6 Å². The van der Waals surface area contributed by atoms with Crippen LogP contribution in [0.1, 0.15) is 12.1 Å². The van der Waals surface area contributed by atoms with Crippen molar-refractivity contribution in [3.8, 4) is 11.5 Å². The summed E-state index contributed by atoms with van der Waals surface area (Å²) in [6.07, 6.45) is 2.12. The lowest BCUT2D eigenvalue weighted by atomic mass is 10.3. The minimum atomic E-state index is -0.00364. The van der Waals surface area contributed by atoms with Gasteiger partial charge in [0, 0.05) is 23.3 Å². The van der Waals surface area contributed by atoms with E-state index in [1.54, 1.807) is 37.1 Å². The Balaban J connectivity index is 1.62. The van der Waals surface area contributed by atoms with Crippen LogP contribution in [0.4, 0.5) is 5.13 Å². The number of methoxy groups -OCH3 is 2. The number of hydrogen-bond acceptors (Lipinski definition) is 7. The summed E-state index contributed by atoms with van der Waals surface area (Å²) >= 11 is 3.08. The van der Waals surface area contributed by atoms with Gasteiger partial charge in [-0.2, -0.15) is 0 Å². The van der Waals surface area contributed by atoms with Crippen molar-refractivity contribution in [2.75, 3.05) is 24.9 Å². The molecule has 4 rings (SSSR count). The van der Waals surface area contributed by atoms with E-state index in [0.717, 1.165) is 15.3 Å².